The number of aryl methyl sites for hydroxylation is 13. The number of nitrogens with zero attached hydrogens (tertiary/aromatic N) is 7. The van der Waals surface area contributed by atoms with E-state index in [2.05, 4.69) is 186 Å². The van der Waals surface area contributed by atoms with Crippen molar-refractivity contribution in [2.24, 2.45) is 0 Å². The lowest BCUT2D eigenvalue weighted by molar-refractivity contribution is -0.698. The largest absolute Gasteiger partial charge is 0.381 e. The second kappa shape index (κ2) is 54.8. The number of ether oxygens (including phenoxy) is 7. The Kier molecular flexibility index (Phi) is 44.5. The maximum atomic E-state index is 6.08. The van der Waals surface area contributed by atoms with Gasteiger partial charge in [0.1, 0.15) is 39.3 Å². The number of pyridine rings is 7. The summed E-state index contributed by atoms with van der Waals surface area (Å²) in [4.78, 5) is 4.19. The third-order valence-electron chi connectivity index (χ3n) is 17.9. The molecular weight excluding hydrogens is 1250 g/mol. The Bertz CT molecular complexity index is 3110. The molecule has 0 atom stereocenters. The number of unbranched alkanes of at least 4 members (excludes halogenated alkanes) is 7. The van der Waals surface area contributed by atoms with E-state index >= 15 is 0 Å². The lowest BCUT2D eigenvalue weighted by Gasteiger charge is -2.06. The molecule has 0 aromatic carbocycles. The fraction of sp³-hybridized carbons (Fsp3) is 0.583. The van der Waals surface area contributed by atoms with E-state index in [1.54, 1.807) is 0 Å². The molecule has 0 aliphatic heterocycles. The molecule has 0 fully saturated rings. The van der Waals surface area contributed by atoms with Crippen molar-refractivity contribution in [3.8, 4) is 0 Å². The molecule has 0 N–H and O–H groups in total. The van der Waals surface area contributed by atoms with E-state index in [4.69, 9.17) is 44.8 Å². The molecule has 0 aliphatic rings. The van der Waals surface area contributed by atoms with Gasteiger partial charge in [-0.3, -0.25) is 4.98 Å². The molecule has 0 saturated carbocycles. The Morgan fingerprint density at radius 3 is 0.646 bits per heavy atom. The number of hydrogen-bond acceptors (Lipinski definition) is 8. The first kappa shape index (κ1) is 80.4. The van der Waals surface area contributed by atoms with Crippen LogP contribution in [-0.2, 0) is 117 Å². The minimum atomic E-state index is 0.718. The molecule has 14 nitrogen and oxygen atoms in total. The second-order valence-corrected chi connectivity index (χ2v) is 27.1. The zero-order valence-corrected chi connectivity index (χ0v) is 61.4. The molecule has 540 valence electrons. The first-order chi connectivity index (χ1) is 49.1. The third kappa shape index (κ3) is 39.7. The quantitative estimate of drug-likeness (QED) is 0.0211. The van der Waals surface area contributed by atoms with Crippen LogP contribution in [-0.4, -0.2) is 103 Å². The normalized spacial score (nSPS) is 11.5. The molecule has 7 rings (SSSR count). The predicted octanol–water partition coefficient (Wildman–Crippen LogP) is 13.4. The lowest BCUT2D eigenvalue weighted by atomic mass is 10.1. The molecule has 99 heavy (non-hydrogen) atoms. The van der Waals surface area contributed by atoms with Crippen LogP contribution < -0.4 is 27.4 Å². The fourth-order valence-corrected chi connectivity index (χ4v) is 12.6. The van der Waals surface area contributed by atoms with Crippen LogP contribution in [0.5, 0.6) is 0 Å². The molecule has 0 unspecified atom stereocenters. The van der Waals surface area contributed by atoms with E-state index in [0.29, 0.717) is 0 Å². The smallest absolute Gasteiger partial charge is 0.171 e. The standard InChI is InChI=1S/C84H126ClN7O7/c85-43-1-8-57-93-65-23-37-79-30-16-51-88(72-79)46-3-10-59-95-67-25-39-81-32-18-53-90(74-81)48-5-12-61-97-69-27-41-83-34-20-55-92(76-83)50-7-14-63-99-70-28-42-84-35-21-56-91(77-84)49-6-13-62-98-68-26-40-82-33-19-54-89(75-82)47-4-11-60-96-66-24-38-80-31-17-52-87(73-80)45-2-9-58-94-64-22-36-78-29-15-44-86-71-78/h15-21,29-35,44,51-56,71-77H,1-14,22-28,36-43,45-50,57-70H2/q+6. The van der Waals surface area contributed by atoms with Crippen molar-refractivity contribution in [2.45, 2.75) is 219 Å². The fourth-order valence-electron chi connectivity index (χ4n) is 12.4. The van der Waals surface area contributed by atoms with Crippen LogP contribution in [0.3, 0.4) is 0 Å². The molecule has 0 bridgehead atoms. The molecule has 0 radical (unpaired) electrons. The second-order valence-electron chi connectivity index (χ2n) is 26.7. The van der Waals surface area contributed by atoms with E-state index in [0.717, 1.165) is 317 Å². The van der Waals surface area contributed by atoms with Gasteiger partial charge in [0.05, 0.1) is 0 Å². The van der Waals surface area contributed by atoms with Crippen molar-refractivity contribution in [2.75, 3.05) is 98.4 Å². The van der Waals surface area contributed by atoms with Crippen LogP contribution in [0, 0.1) is 0 Å². The first-order valence-corrected chi connectivity index (χ1v) is 39.0. The lowest BCUT2D eigenvalue weighted by Crippen LogP contribution is -2.33. The number of hydrogen-bond donors (Lipinski definition) is 0. The zero-order chi connectivity index (χ0) is 68.6. The predicted molar refractivity (Wildman–Crippen MR) is 393 cm³/mol. The van der Waals surface area contributed by atoms with Crippen LogP contribution in [0.25, 0.3) is 0 Å². The molecule has 0 amide bonds. The van der Waals surface area contributed by atoms with Crippen molar-refractivity contribution in [1.29, 1.82) is 0 Å². The summed E-state index contributed by atoms with van der Waals surface area (Å²) < 4.78 is 55.8. The Balaban J connectivity index is 0.593. The third-order valence-corrected chi connectivity index (χ3v) is 18.2. The van der Waals surface area contributed by atoms with Crippen LogP contribution in [0.1, 0.15) is 174 Å². The highest BCUT2D eigenvalue weighted by Crippen LogP contribution is 2.10. The van der Waals surface area contributed by atoms with Gasteiger partial charge in [0, 0.05) is 219 Å². The van der Waals surface area contributed by atoms with Crippen molar-refractivity contribution in [3.63, 3.8) is 0 Å². The van der Waals surface area contributed by atoms with Gasteiger partial charge in [-0.2, -0.15) is 0 Å². The maximum absolute atomic E-state index is 6.08. The molecule has 0 aliphatic carbocycles. The average Bonchev–Trinajstić information content (AvgIpc) is 3.22. The highest BCUT2D eigenvalue weighted by atomic mass is 35.5. The molecule has 7 aromatic heterocycles. The maximum Gasteiger partial charge on any atom is 0.171 e. The minimum absolute atomic E-state index is 0.718. The highest BCUT2D eigenvalue weighted by Gasteiger charge is 2.11. The molecule has 0 spiro atoms. The van der Waals surface area contributed by atoms with Gasteiger partial charge in [-0.05, 0) is 189 Å². The van der Waals surface area contributed by atoms with Crippen molar-refractivity contribution in [1.82, 2.24) is 4.98 Å². The summed E-state index contributed by atoms with van der Waals surface area (Å²) in [5.41, 5.74) is 9.54. The van der Waals surface area contributed by atoms with Gasteiger partial charge in [0.15, 0.2) is 74.4 Å². The molecule has 15 heteroatoms. The SMILES string of the molecule is ClCCCCOCCCc1ccc[n+](CCCCOCCCc2ccc[n+](CCCCOCCCc3ccc[n+](CCCCOCCCc4ccc[n+](CCCCOCCCc5ccc[n+](CCCCOCCCc6ccc[n+](CCCCOCCCc7cccnc7)c6)c5)c4)c3)c2)c1. The van der Waals surface area contributed by atoms with Gasteiger partial charge in [-0.25, -0.2) is 27.4 Å². The van der Waals surface area contributed by atoms with Crippen molar-refractivity contribution in [3.05, 3.63) is 211 Å². The van der Waals surface area contributed by atoms with Crippen LogP contribution in [0.15, 0.2) is 172 Å². The van der Waals surface area contributed by atoms with E-state index in [-0.39, 0.29) is 0 Å². The minimum Gasteiger partial charge on any atom is -0.381 e. The van der Waals surface area contributed by atoms with E-state index in [9.17, 15) is 0 Å². The summed E-state index contributed by atoms with van der Waals surface area (Å²) in [7, 11) is 0. The number of rotatable bonds is 62. The Morgan fingerprint density at radius 1 is 0.232 bits per heavy atom. The number of halogens is 1. The summed E-state index contributed by atoms with van der Waals surface area (Å²) in [5.74, 6) is 0.718. The van der Waals surface area contributed by atoms with Gasteiger partial charge < -0.3 is 33.2 Å². The summed E-state index contributed by atoms with van der Waals surface area (Å²) in [6, 6.07) is 30.6. The van der Waals surface area contributed by atoms with Gasteiger partial charge in [0.2, 0.25) is 0 Å². The molecule has 7 aromatic rings. The monoisotopic (exact) mass is 1380 g/mol. The zero-order valence-electron chi connectivity index (χ0n) is 60.7. The first-order valence-electron chi connectivity index (χ1n) is 38.5. The van der Waals surface area contributed by atoms with Crippen molar-refractivity contribution < 1.29 is 60.6 Å². The van der Waals surface area contributed by atoms with Gasteiger partial charge >= 0.3 is 0 Å². The van der Waals surface area contributed by atoms with Crippen LogP contribution in [0.2, 0.25) is 0 Å². The summed E-state index contributed by atoms with van der Waals surface area (Å²) in [6.07, 6.45) is 60.6. The van der Waals surface area contributed by atoms with Crippen LogP contribution in [0.4, 0.5) is 0 Å². The van der Waals surface area contributed by atoms with E-state index in [1.807, 2.05) is 18.5 Å². The van der Waals surface area contributed by atoms with Gasteiger partial charge in [0.25, 0.3) is 0 Å². The molecule has 0 saturated heterocycles. The van der Waals surface area contributed by atoms with Gasteiger partial charge in [-0.1, -0.05) is 6.07 Å². The molecule has 7 heterocycles. The highest BCUT2D eigenvalue weighted by molar-refractivity contribution is 6.17. The van der Waals surface area contributed by atoms with Gasteiger partial charge in [-0.15, -0.1) is 11.6 Å². The summed E-state index contributed by atoms with van der Waals surface area (Å²) in [5, 5.41) is 0. The Labute approximate surface area is 602 Å². The average molecular weight is 1380 g/mol. The summed E-state index contributed by atoms with van der Waals surface area (Å²) >= 11 is 5.75. The summed E-state index contributed by atoms with van der Waals surface area (Å²) in [6.45, 7) is 17.5. The van der Waals surface area contributed by atoms with E-state index < -0.39 is 0 Å². The topological polar surface area (TPSA) is 101 Å². The number of aromatic nitrogens is 7. The Hall–Kier alpha value is -5.94. The number of alkyl halides is 1. The van der Waals surface area contributed by atoms with Crippen LogP contribution >= 0.6 is 11.6 Å². The van der Waals surface area contributed by atoms with E-state index in [1.165, 1.54) is 38.9 Å². The van der Waals surface area contributed by atoms with Crippen molar-refractivity contribution >= 4 is 11.6 Å². The molecular formula is C84H126ClN7O7+6. The Morgan fingerprint density at radius 2 is 0.434 bits per heavy atom.